The molecule has 0 aliphatic heterocycles. The molecule has 0 fully saturated rings. The van der Waals surface area contributed by atoms with Gasteiger partial charge in [-0.3, -0.25) is 0 Å². The summed E-state index contributed by atoms with van der Waals surface area (Å²) >= 11 is 0. The molecule has 0 heterocycles. The lowest BCUT2D eigenvalue weighted by atomic mass is 9.75. The molecule has 2 nitrogen and oxygen atoms in total. The molecule has 1 aliphatic carbocycles. The zero-order chi connectivity index (χ0) is 15.3. The minimum absolute atomic E-state index is 0.0525. The van der Waals surface area contributed by atoms with Crippen molar-refractivity contribution < 1.29 is 9.90 Å². The van der Waals surface area contributed by atoms with E-state index in [1.807, 2.05) is 30.3 Å². The van der Waals surface area contributed by atoms with E-state index < -0.39 is 5.97 Å². The van der Waals surface area contributed by atoms with Crippen LogP contribution >= 0.6 is 0 Å². The van der Waals surface area contributed by atoms with E-state index in [0.717, 1.165) is 12.0 Å². The number of benzene rings is 2. The predicted octanol–water partition coefficient (Wildman–Crippen LogP) is 4.37. The summed E-state index contributed by atoms with van der Waals surface area (Å²) in [4.78, 5) is 11.3. The van der Waals surface area contributed by atoms with Crippen molar-refractivity contribution in [3.05, 3.63) is 70.8 Å². The van der Waals surface area contributed by atoms with Crippen LogP contribution in [0.1, 0.15) is 54.2 Å². The Morgan fingerprint density at radius 2 is 1.67 bits per heavy atom. The van der Waals surface area contributed by atoms with Gasteiger partial charge < -0.3 is 5.11 Å². The van der Waals surface area contributed by atoms with Crippen molar-refractivity contribution in [2.75, 3.05) is 0 Å². The Bertz CT molecular complexity index is 701. The van der Waals surface area contributed by atoms with Gasteiger partial charge in [0.2, 0.25) is 0 Å². The molecule has 0 amide bonds. The number of carboxylic acids is 1. The largest absolute Gasteiger partial charge is 0.478 e. The Balaban J connectivity index is 2.24. The maximum absolute atomic E-state index is 11.3. The minimum Gasteiger partial charge on any atom is -0.478 e. The Labute approximate surface area is 125 Å². The van der Waals surface area contributed by atoms with Crippen LogP contribution in [0.3, 0.4) is 0 Å². The highest BCUT2D eigenvalue weighted by Crippen LogP contribution is 2.52. The summed E-state index contributed by atoms with van der Waals surface area (Å²) in [7, 11) is 0. The van der Waals surface area contributed by atoms with Crippen LogP contribution in [-0.2, 0) is 10.8 Å². The van der Waals surface area contributed by atoms with Crippen molar-refractivity contribution in [2.24, 2.45) is 0 Å². The third-order valence-corrected chi connectivity index (χ3v) is 4.80. The summed E-state index contributed by atoms with van der Waals surface area (Å²) < 4.78 is 0. The second kappa shape index (κ2) is 4.45. The fraction of sp³-hybridized carbons (Fsp3) is 0.316. The van der Waals surface area contributed by atoms with Crippen molar-refractivity contribution in [1.82, 2.24) is 0 Å². The first-order valence-corrected chi connectivity index (χ1v) is 7.28. The van der Waals surface area contributed by atoms with Gasteiger partial charge >= 0.3 is 5.97 Å². The third-order valence-electron chi connectivity index (χ3n) is 4.80. The molecule has 1 unspecified atom stereocenters. The van der Waals surface area contributed by atoms with Crippen LogP contribution in [0.15, 0.2) is 48.5 Å². The molecule has 0 radical (unpaired) electrons. The average molecular weight is 280 g/mol. The minimum atomic E-state index is -0.863. The van der Waals surface area contributed by atoms with Crippen LogP contribution < -0.4 is 0 Å². The summed E-state index contributed by atoms with van der Waals surface area (Å²) in [5, 5.41) is 9.29. The van der Waals surface area contributed by atoms with Gasteiger partial charge in [-0.25, -0.2) is 4.79 Å². The molecule has 2 aromatic rings. The van der Waals surface area contributed by atoms with Gasteiger partial charge in [-0.05, 0) is 40.7 Å². The molecule has 0 bridgehead atoms. The van der Waals surface area contributed by atoms with E-state index in [-0.39, 0.29) is 10.8 Å². The lowest BCUT2D eigenvalue weighted by Gasteiger charge is -2.28. The number of carboxylic acid groups (broad SMARTS) is 1. The monoisotopic (exact) mass is 280 g/mol. The van der Waals surface area contributed by atoms with Gasteiger partial charge in [0.15, 0.2) is 0 Å². The van der Waals surface area contributed by atoms with E-state index in [9.17, 15) is 9.90 Å². The second-order valence-electron chi connectivity index (χ2n) is 6.82. The number of carbonyl (C=O) groups is 1. The molecule has 1 N–H and O–H groups in total. The van der Waals surface area contributed by atoms with Crippen LogP contribution in [0.4, 0.5) is 0 Å². The van der Waals surface area contributed by atoms with Crippen molar-refractivity contribution >= 4 is 5.97 Å². The van der Waals surface area contributed by atoms with E-state index in [1.165, 1.54) is 11.1 Å². The lowest BCUT2D eigenvalue weighted by Crippen LogP contribution is -2.23. The molecule has 1 atom stereocenters. The molecule has 0 saturated heterocycles. The molecule has 2 heteroatoms. The van der Waals surface area contributed by atoms with Crippen LogP contribution in [-0.4, -0.2) is 11.1 Å². The van der Waals surface area contributed by atoms with Gasteiger partial charge in [0.25, 0.3) is 0 Å². The van der Waals surface area contributed by atoms with Crippen molar-refractivity contribution in [3.63, 3.8) is 0 Å². The highest BCUT2D eigenvalue weighted by molar-refractivity contribution is 5.88. The van der Waals surface area contributed by atoms with Gasteiger partial charge in [0.1, 0.15) is 0 Å². The Morgan fingerprint density at radius 1 is 1.00 bits per heavy atom. The molecule has 0 spiro atoms. The number of hydrogen-bond acceptors (Lipinski definition) is 1. The Morgan fingerprint density at radius 3 is 2.29 bits per heavy atom. The highest BCUT2D eigenvalue weighted by Gasteiger charge is 2.45. The van der Waals surface area contributed by atoms with E-state index in [2.05, 4.69) is 32.9 Å². The van der Waals surface area contributed by atoms with E-state index >= 15 is 0 Å². The molecule has 3 rings (SSSR count). The highest BCUT2D eigenvalue weighted by atomic mass is 16.4. The van der Waals surface area contributed by atoms with Crippen molar-refractivity contribution in [2.45, 2.75) is 38.0 Å². The summed E-state index contributed by atoms with van der Waals surface area (Å²) in [6.45, 7) is 6.70. The molecule has 0 saturated carbocycles. The second-order valence-corrected chi connectivity index (χ2v) is 6.82. The maximum atomic E-state index is 11.3. The fourth-order valence-electron chi connectivity index (χ4n) is 3.86. The van der Waals surface area contributed by atoms with Crippen molar-refractivity contribution in [3.8, 4) is 0 Å². The van der Waals surface area contributed by atoms with Crippen molar-refractivity contribution in [1.29, 1.82) is 0 Å². The number of hydrogen-bond donors (Lipinski definition) is 1. The quantitative estimate of drug-likeness (QED) is 0.886. The number of aromatic carboxylic acids is 1. The first kappa shape index (κ1) is 13.9. The third kappa shape index (κ3) is 2.06. The molecule has 21 heavy (non-hydrogen) atoms. The molecular weight excluding hydrogens is 260 g/mol. The Hall–Kier alpha value is -2.09. The molecular formula is C19H20O2. The molecule has 1 aliphatic rings. The summed E-state index contributed by atoms with van der Waals surface area (Å²) in [5.74, 6) is -0.863. The summed E-state index contributed by atoms with van der Waals surface area (Å²) in [6.07, 6.45) is 0.989. The first-order valence-electron chi connectivity index (χ1n) is 7.28. The van der Waals surface area contributed by atoms with Crippen LogP contribution in [0.25, 0.3) is 0 Å². The average Bonchev–Trinajstić information content (AvgIpc) is 2.67. The zero-order valence-electron chi connectivity index (χ0n) is 12.7. The van der Waals surface area contributed by atoms with Crippen LogP contribution in [0, 0.1) is 0 Å². The SMILES string of the molecule is CC1(C)CC(C)(c2ccccc2)c2cc(C(=O)O)ccc21. The molecule has 0 aromatic heterocycles. The number of fused-ring (bicyclic) bond motifs is 1. The zero-order valence-corrected chi connectivity index (χ0v) is 12.7. The fourth-order valence-corrected chi connectivity index (χ4v) is 3.86. The molecule has 108 valence electrons. The smallest absolute Gasteiger partial charge is 0.335 e. The summed E-state index contributed by atoms with van der Waals surface area (Å²) in [6, 6.07) is 16.0. The van der Waals surface area contributed by atoms with Gasteiger partial charge in [-0.1, -0.05) is 57.2 Å². The first-order chi connectivity index (χ1) is 9.84. The molecule has 2 aromatic carbocycles. The maximum Gasteiger partial charge on any atom is 0.335 e. The van der Waals surface area contributed by atoms with Crippen LogP contribution in [0.5, 0.6) is 0 Å². The predicted molar refractivity (Wildman–Crippen MR) is 83.9 cm³/mol. The van der Waals surface area contributed by atoms with Gasteiger partial charge in [0, 0.05) is 5.41 Å². The van der Waals surface area contributed by atoms with Gasteiger partial charge in [-0.15, -0.1) is 0 Å². The van der Waals surface area contributed by atoms with Crippen LogP contribution in [0.2, 0.25) is 0 Å². The van der Waals surface area contributed by atoms with Gasteiger partial charge in [-0.2, -0.15) is 0 Å². The lowest BCUT2D eigenvalue weighted by molar-refractivity contribution is 0.0696. The summed E-state index contributed by atoms with van der Waals surface area (Å²) in [5.41, 5.74) is 3.95. The van der Waals surface area contributed by atoms with Gasteiger partial charge in [0.05, 0.1) is 5.56 Å². The standard InChI is InChI=1S/C19H20O2/c1-18(2)12-19(3,14-7-5-4-6-8-14)16-11-13(17(20)21)9-10-15(16)18/h4-11H,12H2,1-3H3,(H,20,21). The van der Waals surface area contributed by atoms with E-state index in [4.69, 9.17) is 0 Å². The normalized spacial score (nSPS) is 22.8. The number of rotatable bonds is 2. The van der Waals surface area contributed by atoms with E-state index in [1.54, 1.807) is 6.07 Å². The Kier molecular flexibility index (Phi) is 2.94. The van der Waals surface area contributed by atoms with E-state index in [0.29, 0.717) is 5.56 Å². The topological polar surface area (TPSA) is 37.3 Å².